The second-order valence-electron chi connectivity index (χ2n) is 3.54. The summed E-state index contributed by atoms with van der Waals surface area (Å²) in [6.07, 6.45) is -4.93. The zero-order valence-electron chi connectivity index (χ0n) is 9.49. The fraction of sp³-hybridized carbons (Fsp3) is 0.273. The van der Waals surface area contributed by atoms with Crippen LogP contribution in [0.1, 0.15) is 27.6 Å². The molecule has 1 aromatic carbocycles. The predicted octanol–water partition coefficient (Wildman–Crippen LogP) is 3.25. The molecule has 0 bridgehead atoms. The van der Waals surface area contributed by atoms with E-state index in [-0.39, 0.29) is 5.56 Å². The Morgan fingerprint density at radius 2 is 1.89 bits per heavy atom. The van der Waals surface area contributed by atoms with E-state index in [1.165, 1.54) is 6.92 Å². The first kappa shape index (κ1) is 15.5. The first-order valence-electron chi connectivity index (χ1n) is 4.93. The van der Waals surface area contributed by atoms with Crippen LogP contribution in [0.3, 0.4) is 0 Å². The Hall–Kier alpha value is -1.57. The van der Waals surface area contributed by atoms with Crippen LogP contribution in [0.25, 0.3) is 0 Å². The highest BCUT2D eigenvalue weighted by Crippen LogP contribution is 2.26. The molecule has 1 aromatic rings. The molecule has 104 valence electrons. The van der Waals surface area contributed by atoms with Crippen molar-refractivity contribution in [2.24, 2.45) is 0 Å². The number of Topliss-reactive ketones (excluding diaryl/α,β-unsaturated/α-hetero) is 1. The lowest BCUT2D eigenvalue weighted by molar-refractivity contribution is -0.274. The molecule has 0 amide bonds. The average Bonchev–Trinajstić information content (AvgIpc) is 2.25. The molecule has 0 saturated carbocycles. The summed E-state index contributed by atoms with van der Waals surface area (Å²) in [5, 5.41) is 8.91. The zero-order chi connectivity index (χ0) is 14.8. The number of ether oxygens (including phenoxy) is 1. The molecule has 1 unspecified atom stereocenters. The highest BCUT2D eigenvalue weighted by Gasteiger charge is 2.32. The van der Waals surface area contributed by atoms with Crippen molar-refractivity contribution < 1.29 is 32.6 Å². The fourth-order valence-corrected chi connectivity index (χ4v) is 1.57. The van der Waals surface area contributed by atoms with E-state index in [2.05, 4.69) is 20.7 Å². The van der Waals surface area contributed by atoms with Crippen molar-refractivity contribution in [1.29, 1.82) is 0 Å². The second kappa shape index (κ2) is 5.60. The van der Waals surface area contributed by atoms with Crippen LogP contribution in [-0.4, -0.2) is 28.0 Å². The molecule has 0 heterocycles. The first-order chi connectivity index (χ1) is 8.61. The van der Waals surface area contributed by atoms with Gasteiger partial charge in [0.1, 0.15) is 5.75 Å². The summed E-state index contributed by atoms with van der Waals surface area (Å²) in [6.45, 7) is 1.48. The van der Waals surface area contributed by atoms with Crippen LogP contribution >= 0.6 is 15.9 Å². The van der Waals surface area contributed by atoms with E-state index in [9.17, 15) is 22.8 Å². The molecule has 1 N–H and O–H groups in total. The third-order valence-corrected chi connectivity index (χ3v) is 2.50. The predicted molar refractivity (Wildman–Crippen MR) is 62.8 cm³/mol. The maximum atomic E-state index is 12.0. The molecule has 0 aliphatic heterocycles. The number of benzene rings is 1. The van der Waals surface area contributed by atoms with Gasteiger partial charge in [0.25, 0.3) is 0 Å². The third kappa shape index (κ3) is 4.23. The number of alkyl halides is 4. The van der Waals surface area contributed by atoms with Crippen molar-refractivity contribution in [2.45, 2.75) is 18.1 Å². The second-order valence-corrected chi connectivity index (χ2v) is 4.91. The molecule has 0 aliphatic rings. The summed E-state index contributed by atoms with van der Waals surface area (Å²) < 4.78 is 39.7. The monoisotopic (exact) mass is 340 g/mol. The number of ketones is 1. The third-order valence-electron chi connectivity index (χ3n) is 2.08. The van der Waals surface area contributed by atoms with Crippen molar-refractivity contribution in [3.63, 3.8) is 0 Å². The molecule has 0 aromatic heterocycles. The molecule has 0 aliphatic carbocycles. The normalized spacial score (nSPS) is 12.9. The molecule has 1 rings (SSSR count). The van der Waals surface area contributed by atoms with Crippen molar-refractivity contribution in [2.75, 3.05) is 0 Å². The van der Waals surface area contributed by atoms with E-state index in [4.69, 9.17) is 5.11 Å². The summed E-state index contributed by atoms with van der Waals surface area (Å²) in [4.78, 5) is 22.0. The number of halogens is 4. The Labute approximate surface area is 114 Å². The van der Waals surface area contributed by atoms with Gasteiger partial charge >= 0.3 is 12.3 Å². The number of hydrogen-bond donors (Lipinski definition) is 1. The van der Waals surface area contributed by atoms with Crippen molar-refractivity contribution in [3.8, 4) is 5.75 Å². The summed E-state index contributed by atoms with van der Waals surface area (Å²) >= 11 is 2.97. The molecule has 0 fully saturated rings. The maximum Gasteiger partial charge on any atom is 0.573 e. The molecule has 8 heteroatoms. The van der Waals surface area contributed by atoms with Gasteiger partial charge in [0.05, 0.1) is 10.4 Å². The lowest BCUT2D eigenvalue weighted by Crippen LogP contribution is -2.19. The highest BCUT2D eigenvalue weighted by atomic mass is 79.9. The van der Waals surface area contributed by atoms with Gasteiger partial charge in [0.2, 0.25) is 0 Å². The van der Waals surface area contributed by atoms with Crippen LogP contribution in [-0.2, 0) is 0 Å². The zero-order valence-corrected chi connectivity index (χ0v) is 11.1. The van der Waals surface area contributed by atoms with Crippen LogP contribution in [0, 0.1) is 0 Å². The van der Waals surface area contributed by atoms with Crippen molar-refractivity contribution in [3.05, 3.63) is 29.3 Å². The van der Waals surface area contributed by atoms with Crippen LogP contribution in [0.5, 0.6) is 5.75 Å². The number of aromatic carboxylic acids is 1. The van der Waals surface area contributed by atoms with E-state index in [1.807, 2.05) is 0 Å². The summed E-state index contributed by atoms with van der Waals surface area (Å²) in [6, 6.07) is 2.55. The molecule has 19 heavy (non-hydrogen) atoms. The lowest BCUT2D eigenvalue weighted by atomic mass is 10.0. The van der Waals surface area contributed by atoms with E-state index < -0.39 is 34.3 Å². The van der Waals surface area contributed by atoms with E-state index in [1.54, 1.807) is 0 Å². The topological polar surface area (TPSA) is 63.6 Å². The summed E-state index contributed by atoms with van der Waals surface area (Å²) in [7, 11) is 0. The Morgan fingerprint density at radius 3 is 2.32 bits per heavy atom. The van der Waals surface area contributed by atoms with Gasteiger partial charge in [-0.05, 0) is 25.1 Å². The molecule has 0 saturated heterocycles. The Bertz CT molecular complexity index is 511. The largest absolute Gasteiger partial charge is 0.573 e. The number of hydrogen-bond acceptors (Lipinski definition) is 3. The number of carbonyl (C=O) groups excluding carboxylic acids is 1. The first-order valence-corrected chi connectivity index (χ1v) is 5.85. The van der Waals surface area contributed by atoms with Crippen LogP contribution in [0.15, 0.2) is 18.2 Å². The molecular formula is C11H8BrF3O4. The fourth-order valence-electron chi connectivity index (χ4n) is 1.33. The highest BCUT2D eigenvalue weighted by molar-refractivity contribution is 9.10. The van der Waals surface area contributed by atoms with Crippen LogP contribution < -0.4 is 4.74 Å². The quantitative estimate of drug-likeness (QED) is 0.675. The molecular weight excluding hydrogens is 333 g/mol. The van der Waals surface area contributed by atoms with Crippen molar-refractivity contribution in [1.82, 2.24) is 0 Å². The Morgan fingerprint density at radius 1 is 1.32 bits per heavy atom. The SMILES string of the molecule is CC(Br)C(=O)c1ccc(OC(F)(F)F)cc1C(=O)O. The van der Waals surface area contributed by atoms with E-state index in [0.717, 1.165) is 12.1 Å². The van der Waals surface area contributed by atoms with Crippen LogP contribution in [0.4, 0.5) is 13.2 Å². The Kier molecular flexibility index (Phi) is 4.56. The number of carboxylic acids is 1. The van der Waals surface area contributed by atoms with Gasteiger partial charge in [-0.2, -0.15) is 0 Å². The van der Waals surface area contributed by atoms with Gasteiger partial charge in [-0.25, -0.2) is 4.79 Å². The van der Waals surface area contributed by atoms with Crippen molar-refractivity contribution >= 4 is 27.7 Å². The minimum Gasteiger partial charge on any atom is -0.478 e. The number of carboxylic acid groups (broad SMARTS) is 1. The molecule has 0 spiro atoms. The minimum atomic E-state index is -4.93. The maximum absolute atomic E-state index is 12.0. The summed E-state index contributed by atoms with van der Waals surface area (Å²) in [5.74, 6) is -2.75. The van der Waals surface area contributed by atoms with Gasteiger partial charge in [-0.1, -0.05) is 15.9 Å². The van der Waals surface area contributed by atoms with Crippen LogP contribution in [0.2, 0.25) is 0 Å². The Balaban J connectivity index is 3.23. The van der Waals surface area contributed by atoms with E-state index >= 15 is 0 Å². The smallest absolute Gasteiger partial charge is 0.478 e. The summed E-state index contributed by atoms with van der Waals surface area (Å²) in [5.41, 5.74) is -0.732. The number of carbonyl (C=O) groups is 2. The van der Waals surface area contributed by atoms with Gasteiger partial charge in [-0.3, -0.25) is 4.79 Å². The van der Waals surface area contributed by atoms with Gasteiger partial charge < -0.3 is 9.84 Å². The number of rotatable bonds is 4. The standard InChI is InChI=1S/C11H8BrF3O4/c1-5(12)9(16)7-3-2-6(19-11(13,14)15)4-8(7)10(17)18/h2-5H,1H3,(H,17,18). The van der Waals surface area contributed by atoms with E-state index in [0.29, 0.717) is 6.07 Å². The minimum absolute atomic E-state index is 0.189. The molecule has 0 radical (unpaired) electrons. The van der Waals surface area contributed by atoms with Gasteiger partial charge in [-0.15, -0.1) is 13.2 Å². The lowest BCUT2D eigenvalue weighted by Gasteiger charge is -2.12. The van der Waals surface area contributed by atoms with Gasteiger partial charge in [0.15, 0.2) is 5.78 Å². The average molecular weight is 341 g/mol. The molecule has 1 atom stereocenters. The molecule has 4 nitrogen and oxygen atoms in total. The van der Waals surface area contributed by atoms with Gasteiger partial charge in [0, 0.05) is 5.56 Å².